The van der Waals surface area contributed by atoms with E-state index in [0.717, 1.165) is 0 Å². The second-order valence-electron chi connectivity index (χ2n) is 6.22. The van der Waals surface area contributed by atoms with Crippen molar-refractivity contribution < 1.29 is 18.7 Å². The van der Waals surface area contributed by atoms with Crippen molar-refractivity contribution in [3.05, 3.63) is 30.1 Å². The Morgan fingerprint density at radius 3 is 2.16 bits per heavy atom. The summed E-state index contributed by atoms with van der Waals surface area (Å²) in [7, 11) is 0. The number of piperazine rings is 1. The van der Waals surface area contributed by atoms with Gasteiger partial charge in [0, 0.05) is 26.2 Å². The fourth-order valence-corrected chi connectivity index (χ4v) is 2.44. The first-order chi connectivity index (χ1) is 11.4. The Balaban J connectivity index is 0.00000312. The molecule has 1 fully saturated rings. The molecule has 0 aliphatic carbocycles. The van der Waals surface area contributed by atoms with Crippen LogP contribution < -0.4 is 10.5 Å². The van der Waals surface area contributed by atoms with Crippen molar-refractivity contribution in [2.24, 2.45) is 11.7 Å². The van der Waals surface area contributed by atoms with E-state index in [1.807, 2.05) is 13.8 Å². The van der Waals surface area contributed by atoms with E-state index >= 15 is 0 Å². The minimum atomic E-state index is -0.505. The summed E-state index contributed by atoms with van der Waals surface area (Å²) < 4.78 is 18.2. The maximum absolute atomic E-state index is 12.8. The maximum Gasteiger partial charge on any atom is 0.260 e. The van der Waals surface area contributed by atoms with E-state index in [1.165, 1.54) is 24.3 Å². The van der Waals surface area contributed by atoms with Gasteiger partial charge in [0.1, 0.15) is 11.6 Å². The van der Waals surface area contributed by atoms with E-state index in [9.17, 15) is 14.0 Å². The summed E-state index contributed by atoms with van der Waals surface area (Å²) in [5.41, 5.74) is 5.89. The SMILES string of the molecule is CC(C)[C@H](N)C(=O)N1CCN(C(=O)COc2ccc(F)cc2)CC1.Cl. The summed E-state index contributed by atoms with van der Waals surface area (Å²) in [6.45, 7) is 5.59. The van der Waals surface area contributed by atoms with Gasteiger partial charge in [-0.25, -0.2) is 4.39 Å². The van der Waals surface area contributed by atoms with Crippen LogP contribution in [0.2, 0.25) is 0 Å². The van der Waals surface area contributed by atoms with Crippen molar-refractivity contribution in [3.8, 4) is 5.75 Å². The van der Waals surface area contributed by atoms with Crippen LogP contribution in [0.3, 0.4) is 0 Å². The lowest BCUT2D eigenvalue weighted by Gasteiger charge is -2.36. The molecule has 8 heteroatoms. The highest BCUT2D eigenvalue weighted by Crippen LogP contribution is 2.12. The third-order valence-corrected chi connectivity index (χ3v) is 4.12. The second kappa shape index (κ2) is 9.58. The average molecular weight is 374 g/mol. The Kier molecular flexibility index (Phi) is 8.12. The Labute approximate surface area is 153 Å². The zero-order valence-corrected chi connectivity index (χ0v) is 15.3. The number of halogens is 2. The molecule has 6 nitrogen and oxygen atoms in total. The van der Waals surface area contributed by atoms with Crippen LogP contribution in [0.5, 0.6) is 5.75 Å². The fraction of sp³-hybridized carbons (Fsp3) is 0.529. The number of rotatable bonds is 5. The molecule has 1 saturated heterocycles. The first-order valence-electron chi connectivity index (χ1n) is 8.09. The van der Waals surface area contributed by atoms with Crippen molar-refractivity contribution in [2.45, 2.75) is 19.9 Å². The van der Waals surface area contributed by atoms with Crippen LogP contribution in [0.25, 0.3) is 0 Å². The summed E-state index contributed by atoms with van der Waals surface area (Å²) in [6, 6.07) is 5.01. The van der Waals surface area contributed by atoms with Gasteiger partial charge >= 0.3 is 0 Å². The van der Waals surface area contributed by atoms with Gasteiger partial charge in [-0.2, -0.15) is 0 Å². The molecule has 0 saturated carbocycles. The topological polar surface area (TPSA) is 75.9 Å². The van der Waals surface area contributed by atoms with E-state index in [-0.39, 0.29) is 42.6 Å². The molecule has 2 amide bonds. The van der Waals surface area contributed by atoms with Crippen molar-refractivity contribution >= 4 is 24.2 Å². The Bertz CT molecular complexity index is 575. The van der Waals surface area contributed by atoms with Gasteiger partial charge in [-0.05, 0) is 30.2 Å². The van der Waals surface area contributed by atoms with Crippen LogP contribution in [-0.4, -0.2) is 60.4 Å². The van der Waals surface area contributed by atoms with Gasteiger partial charge in [0.05, 0.1) is 6.04 Å². The zero-order valence-electron chi connectivity index (χ0n) is 14.5. The molecular weight excluding hydrogens is 349 g/mol. The molecular formula is C17H25ClFN3O3. The molecule has 0 spiro atoms. The zero-order chi connectivity index (χ0) is 17.7. The van der Waals surface area contributed by atoms with E-state index < -0.39 is 6.04 Å². The summed E-state index contributed by atoms with van der Waals surface area (Å²) in [5.74, 6) is -0.0453. The molecule has 25 heavy (non-hydrogen) atoms. The molecule has 2 rings (SSSR count). The van der Waals surface area contributed by atoms with Gasteiger partial charge in [-0.3, -0.25) is 9.59 Å². The predicted molar refractivity (Wildman–Crippen MR) is 95.1 cm³/mol. The smallest absolute Gasteiger partial charge is 0.260 e. The standard InChI is InChI=1S/C17H24FN3O3.ClH/c1-12(2)16(19)17(23)21-9-7-20(8-10-21)15(22)11-24-14-5-3-13(18)4-6-14;/h3-6,12,16H,7-11,19H2,1-2H3;1H/t16-;/m0./s1. The van der Waals surface area contributed by atoms with Crippen molar-refractivity contribution in [1.82, 2.24) is 9.80 Å². The van der Waals surface area contributed by atoms with Gasteiger partial charge in [0.25, 0.3) is 5.91 Å². The van der Waals surface area contributed by atoms with Crippen molar-refractivity contribution in [2.75, 3.05) is 32.8 Å². The van der Waals surface area contributed by atoms with E-state index in [0.29, 0.717) is 31.9 Å². The Morgan fingerprint density at radius 2 is 1.64 bits per heavy atom. The normalized spacial score (nSPS) is 15.6. The van der Waals surface area contributed by atoms with Crippen LogP contribution in [0, 0.1) is 11.7 Å². The molecule has 0 radical (unpaired) electrons. The number of carbonyl (C=O) groups excluding carboxylic acids is 2. The van der Waals surface area contributed by atoms with Crippen molar-refractivity contribution in [1.29, 1.82) is 0 Å². The lowest BCUT2D eigenvalue weighted by atomic mass is 10.0. The molecule has 1 aliphatic heterocycles. The predicted octanol–water partition coefficient (Wildman–Crippen LogP) is 1.28. The van der Waals surface area contributed by atoms with Crippen LogP contribution >= 0.6 is 12.4 Å². The van der Waals surface area contributed by atoms with Gasteiger partial charge in [0.15, 0.2) is 6.61 Å². The molecule has 1 aromatic rings. The summed E-state index contributed by atoms with van der Waals surface area (Å²) >= 11 is 0. The lowest BCUT2D eigenvalue weighted by molar-refractivity contribution is -0.141. The minimum Gasteiger partial charge on any atom is -0.484 e. The third kappa shape index (κ3) is 5.86. The maximum atomic E-state index is 12.8. The lowest BCUT2D eigenvalue weighted by Crippen LogP contribution is -2.55. The largest absolute Gasteiger partial charge is 0.484 e. The van der Waals surface area contributed by atoms with E-state index in [2.05, 4.69) is 0 Å². The molecule has 1 aliphatic rings. The van der Waals surface area contributed by atoms with Gasteiger partial charge < -0.3 is 20.3 Å². The highest BCUT2D eigenvalue weighted by molar-refractivity contribution is 5.85. The van der Waals surface area contributed by atoms with E-state index in [4.69, 9.17) is 10.5 Å². The highest BCUT2D eigenvalue weighted by atomic mass is 35.5. The minimum absolute atomic E-state index is 0. The second-order valence-corrected chi connectivity index (χ2v) is 6.22. The number of carbonyl (C=O) groups is 2. The Morgan fingerprint density at radius 1 is 1.12 bits per heavy atom. The molecule has 1 heterocycles. The highest BCUT2D eigenvalue weighted by Gasteiger charge is 2.28. The van der Waals surface area contributed by atoms with Gasteiger partial charge in [-0.1, -0.05) is 13.8 Å². The van der Waals surface area contributed by atoms with Crippen molar-refractivity contribution in [3.63, 3.8) is 0 Å². The quantitative estimate of drug-likeness (QED) is 0.843. The number of nitrogens with two attached hydrogens (primary N) is 1. The van der Waals surface area contributed by atoms with Crippen LogP contribution in [-0.2, 0) is 9.59 Å². The summed E-state index contributed by atoms with van der Waals surface area (Å²) in [5, 5.41) is 0. The number of amides is 2. The monoisotopic (exact) mass is 373 g/mol. The van der Waals surface area contributed by atoms with Gasteiger partial charge in [-0.15, -0.1) is 12.4 Å². The van der Waals surface area contributed by atoms with Crippen LogP contribution in [0.4, 0.5) is 4.39 Å². The fourth-order valence-electron chi connectivity index (χ4n) is 2.44. The van der Waals surface area contributed by atoms with Gasteiger partial charge in [0.2, 0.25) is 5.91 Å². The molecule has 1 aromatic carbocycles. The van der Waals surface area contributed by atoms with Crippen LogP contribution in [0.15, 0.2) is 24.3 Å². The van der Waals surface area contributed by atoms with Crippen LogP contribution in [0.1, 0.15) is 13.8 Å². The first kappa shape index (κ1) is 21.2. The number of hydrogen-bond acceptors (Lipinski definition) is 4. The number of ether oxygens (including phenoxy) is 1. The number of hydrogen-bond donors (Lipinski definition) is 1. The molecule has 0 aromatic heterocycles. The Hall–Kier alpha value is -1.86. The summed E-state index contributed by atoms with van der Waals surface area (Å²) in [4.78, 5) is 27.7. The van der Waals surface area contributed by atoms with E-state index in [1.54, 1.807) is 9.80 Å². The average Bonchev–Trinajstić information content (AvgIpc) is 2.59. The number of benzene rings is 1. The number of nitrogens with zero attached hydrogens (tertiary/aromatic N) is 2. The third-order valence-electron chi connectivity index (χ3n) is 4.12. The molecule has 0 unspecified atom stereocenters. The molecule has 0 bridgehead atoms. The molecule has 2 N–H and O–H groups in total. The first-order valence-corrected chi connectivity index (χ1v) is 8.09. The summed E-state index contributed by atoms with van der Waals surface area (Å²) in [6.07, 6.45) is 0. The molecule has 140 valence electrons. The molecule has 1 atom stereocenters.